The lowest BCUT2D eigenvalue weighted by atomic mass is 9.90. The lowest BCUT2D eigenvalue weighted by molar-refractivity contribution is -0.133. The Morgan fingerprint density at radius 2 is 1.76 bits per heavy atom. The highest BCUT2D eigenvalue weighted by Crippen LogP contribution is 2.27. The van der Waals surface area contributed by atoms with E-state index in [-0.39, 0.29) is 17.7 Å². The van der Waals surface area contributed by atoms with Gasteiger partial charge in [0.2, 0.25) is 11.8 Å². The molecule has 1 N–H and O–H groups in total. The lowest BCUT2D eigenvalue weighted by Crippen LogP contribution is -2.45. The maximum absolute atomic E-state index is 13.7. The Labute approximate surface area is 219 Å². The van der Waals surface area contributed by atoms with E-state index in [0.29, 0.717) is 19.6 Å². The topological polar surface area (TPSA) is 72.5 Å². The van der Waals surface area contributed by atoms with E-state index in [0.717, 1.165) is 61.4 Å². The van der Waals surface area contributed by atoms with Gasteiger partial charge in [-0.3, -0.25) is 14.7 Å². The standard InChI is InChI=1S/C30H39N5O2/c1-23(36)34-18-12-26(13-19-34)30(37)35(28-9-8-27-22-31-32-29(27)21-28)15-5-14-33-16-10-25(11-17-33)20-24-6-3-2-4-7-24/h2-4,6-9,21-22,25-26H,5,10-20H2,1H3,(H,31,32). The Kier molecular flexibility index (Phi) is 8.19. The number of rotatable bonds is 8. The largest absolute Gasteiger partial charge is 0.343 e. The fourth-order valence-electron chi connectivity index (χ4n) is 5.94. The Morgan fingerprint density at radius 1 is 1.00 bits per heavy atom. The Bertz CT molecular complexity index is 1180. The molecule has 0 unspecified atom stereocenters. The minimum absolute atomic E-state index is 0.0400. The third-order valence-electron chi connectivity index (χ3n) is 8.22. The molecular weight excluding hydrogens is 462 g/mol. The monoisotopic (exact) mass is 501 g/mol. The molecule has 37 heavy (non-hydrogen) atoms. The van der Waals surface area contributed by atoms with Gasteiger partial charge in [-0.25, -0.2) is 0 Å². The van der Waals surface area contributed by atoms with Crippen LogP contribution in [-0.4, -0.2) is 71.1 Å². The molecule has 2 amide bonds. The van der Waals surface area contributed by atoms with Crippen LogP contribution >= 0.6 is 0 Å². The highest BCUT2D eigenvalue weighted by atomic mass is 16.2. The van der Waals surface area contributed by atoms with Crippen molar-refractivity contribution in [3.05, 3.63) is 60.3 Å². The third-order valence-corrected chi connectivity index (χ3v) is 8.22. The van der Waals surface area contributed by atoms with Crippen molar-refractivity contribution in [2.45, 2.75) is 45.4 Å². The normalized spacial score (nSPS) is 17.8. The van der Waals surface area contributed by atoms with E-state index < -0.39 is 0 Å². The number of carbonyl (C=O) groups excluding carboxylic acids is 2. The number of amides is 2. The molecule has 7 nitrogen and oxygen atoms in total. The summed E-state index contributed by atoms with van der Waals surface area (Å²) < 4.78 is 0. The summed E-state index contributed by atoms with van der Waals surface area (Å²) in [6, 6.07) is 16.9. The number of piperidine rings is 2. The molecule has 3 aromatic rings. The van der Waals surface area contributed by atoms with Gasteiger partial charge in [-0.2, -0.15) is 5.10 Å². The van der Waals surface area contributed by atoms with Crippen molar-refractivity contribution in [2.24, 2.45) is 11.8 Å². The molecule has 2 aliphatic rings. The van der Waals surface area contributed by atoms with E-state index in [9.17, 15) is 9.59 Å². The number of anilines is 1. The van der Waals surface area contributed by atoms with Crippen LogP contribution < -0.4 is 4.90 Å². The minimum Gasteiger partial charge on any atom is -0.343 e. The fourth-order valence-corrected chi connectivity index (χ4v) is 5.94. The molecule has 0 saturated carbocycles. The number of nitrogens with zero attached hydrogens (tertiary/aromatic N) is 4. The molecule has 0 spiro atoms. The van der Waals surface area contributed by atoms with Crippen molar-refractivity contribution >= 4 is 28.4 Å². The molecular formula is C30H39N5O2. The van der Waals surface area contributed by atoms with Crippen molar-refractivity contribution in [1.82, 2.24) is 20.0 Å². The van der Waals surface area contributed by atoms with Crippen molar-refractivity contribution in [3.8, 4) is 0 Å². The van der Waals surface area contributed by atoms with Gasteiger partial charge >= 0.3 is 0 Å². The summed E-state index contributed by atoms with van der Waals surface area (Å²) in [6.07, 6.45) is 7.87. The number of fused-ring (bicyclic) bond motifs is 1. The van der Waals surface area contributed by atoms with Gasteiger partial charge < -0.3 is 14.7 Å². The van der Waals surface area contributed by atoms with Crippen LogP contribution in [0, 0.1) is 11.8 Å². The fraction of sp³-hybridized carbons (Fsp3) is 0.500. The summed E-state index contributed by atoms with van der Waals surface area (Å²) in [5.74, 6) is 1.00. The van der Waals surface area contributed by atoms with Gasteiger partial charge in [0.05, 0.1) is 11.7 Å². The number of benzene rings is 2. The predicted molar refractivity (Wildman–Crippen MR) is 147 cm³/mol. The second-order valence-corrected chi connectivity index (χ2v) is 10.7. The number of aromatic nitrogens is 2. The van der Waals surface area contributed by atoms with Gasteiger partial charge in [-0.05, 0) is 87.8 Å². The van der Waals surface area contributed by atoms with E-state index >= 15 is 0 Å². The van der Waals surface area contributed by atoms with Crippen LogP contribution in [0.3, 0.4) is 0 Å². The van der Waals surface area contributed by atoms with Crippen LogP contribution in [0.15, 0.2) is 54.7 Å². The van der Waals surface area contributed by atoms with Crippen LogP contribution in [0.5, 0.6) is 0 Å². The first-order chi connectivity index (χ1) is 18.1. The van der Waals surface area contributed by atoms with Gasteiger partial charge in [0.25, 0.3) is 0 Å². The Morgan fingerprint density at radius 3 is 2.49 bits per heavy atom. The second kappa shape index (κ2) is 11.9. The molecule has 2 aliphatic heterocycles. The number of likely N-dealkylation sites (tertiary alicyclic amines) is 2. The van der Waals surface area contributed by atoms with Crippen LogP contribution in [0.25, 0.3) is 10.9 Å². The van der Waals surface area contributed by atoms with E-state index in [1.165, 1.54) is 24.8 Å². The molecule has 1 aromatic heterocycles. The molecule has 0 aliphatic carbocycles. The van der Waals surface area contributed by atoms with Crippen LogP contribution in [0.4, 0.5) is 5.69 Å². The first-order valence-corrected chi connectivity index (χ1v) is 13.8. The van der Waals surface area contributed by atoms with Crippen LogP contribution in [0.2, 0.25) is 0 Å². The molecule has 196 valence electrons. The third kappa shape index (κ3) is 6.39. The molecule has 2 fully saturated rings. The van der Waals surface area contributed by atoms with E-state index in [4.69, 9.17) is 0 Å². The first-order valence-electron chi connectivity index (χ1n) is 13.8. The number of carbonyl (C=O) groups is 2. The van der Waals surface area contributed by atoms with Gasteiger partial charge in [-0.1, -0.05) is 30.3 Å². The summed E-state index contributed by atoms with van der Waals surface area (Å²) in [5, 5.41) is 8.23. The van der Waals surface area contributed by atoms with Gasteiger partial charge in [0, 0.05) is 43.5 Å². The zero-order valence-electron chi connectivity index (χ0n) is 21.9. The summed E-state index contributed by atoms with van der Waals surface area (Å²) in [7, 11) is 0. The molecule has 3 heterocycles. The molecule has 0 atom stereocenters. The molecule has 2 saturated heterocycles. The molecule has 0 bridgehead atoms. The number of H-pyrrole nitrogens is 1. The Hall–Kier alpha value is -3.19. The zero-order chi connectivity index (χ0) is 25.6. The number of nitrogens with one attached hydrogen (secondary N) is 1. The number of aromatic amines is 1. The maximum Gasteiger partial charge on any atom is 0.230 e. The van der Waals surface area contributed by atoms with Crippen LogP contribution in [-0.2, 0) is 16.0 Å². The number of hydrogen-bond acceptors (Lipinski definition) is 4. The van der Waals surface area contributed by atoms with Crippen molar-refractivity contribution in [2.75, 3.05) is 44.2 Å². The summed E-state index contributed by atoms with van der Waals surface area (Å²) in [4.78, 5) is 31.9. The SMILES string of the molecule is CC(=O)N1CCC(C(=O)N(CCCN2CCC(Cc3ccccc3)CC2)c2ccc3cn[nH]c3c2)CC1. The molecule has 7 heteroatoms. The number of hydrogen-bond donors (Lipinski definition) is 1. The highest BCUT2D eigenvalue weighted by Gasteiger charge is 2.30. The quantitative estimate of drug-likeness (QED) is 0.493. The summed E-state index contributed by atoms with van der Waals surface area (Å²) >= 11 is 0. The van der Waals surface area contributed by atoms with Crippen LogP contribution in [0.1, 0.15) is 44.6 Å². The van der Waals surface area contributed by atoms with Crippen molar-refractivity contribution in [1.29, 1.82) is 0 Å². The lowest BCUT2D eigenvalue weighted by Gasteiger charge is -2.35. The summed E-state index contributed by atoms with van der Waals surface area (Å²) in [5.41, 5.74) is 3.32. The van der Waals surface area contributed by atoms with E-state index in [1.54, 1.807) is 6.92 Å². The predicted octanol–water partition coefficient (Wildman–Crippen LogP) is 4.50. The minimum atomic E-state index is -0.0400. The molecule has 2 aromatic carbocycles. The van der Waals surface area contributed by atoms with Gasteiger partial charge in [-0.15, -0.1) is 0 Å². The summed E-state index contributed by atoms with van der Waals surface area (Å²) in [6.45, 7) is 6.92. The Balaban J connectivity index is 1.18. The average Bonchev–Trinajstić information content (AvgIpc) is 3.40. The van der Waals surface area contributed by atoms with Gasteiger partial charge in [0.15, 0.2) is 0 Å². The molecule has 0 radical (unpaired) electrons. The van der Waals surface area contributed by atoms with Gasteiger partial charge in [0.1, 0.15) is 0 Å². The first kappa shape index (κ1) is 25.5. The smallest absolute Gasteiger partial charge is 0.230 e. The second-order valence-electron chi connectivity index (χ2n) is 10.7. The zero-order valence-corrected chi connectivity index (χ0v) is 21.9. The molecule has 5 rings (SSSR count). The van der Waals surface area contributed by atoms with E-state index in [2.05, 4.69) is 45.4 Å². The highest BCUT2D eigenvalue weighted by molar-refractivity contribution is 5.97. The van der Waals surface area contributed by atoms with Crippen molar-refractivity contribution in [3.63, 3.8) is 0 Å². The van der Waals surface area contributed by atoms with E-state index in [1.807, 2.05) is 34.2 Å². The average molecular weight is 502 g/mol. The van der Waals surface area contributed by atoms with Crippen molar-refractivity contribution < 1.29 is 9.59 Å². The maximum atomic E-state index is 13.7.